The summed E-state index contributed by atoms with van der Waals surface area (Å²) >= 11 is 1.48. The van der Waals surface area contributed by atoms with Crippen molar-refractivity contribution >= 4 is 27.4 Å². The van der Waals surface area contributed by atoms with Gasteiger partial charge in [-0.25, -0.2) is 4.79 Å². The molecule has 0 spiro atoms. The third-order valence-electron chi connectivity index (χ3n) is 2.92. The van der Waals surface area contributed by atoms with Crippen LogP contribution in [0.5, 0.6) is 5.75 Å². The van der Waals surface area contributed by atoms with Crippen LogP contribution in [0, 0.1) is 0 Å². The van der Waals surface area contributed by atoms with Crippen molar-refractivity contribution in [3.8, 4) is 5.75 Å². The molecule has 0 saturated carbocycles. The molecule has 19 heavy (non-hydrogen) atoms. The molecule has 2 aromatic rings. The van der Waals surface area contributed by atoms with Crippen LogP contribution >= 0.6 is 11.3 Å². The standard InChI is InChI=1S/C14H16O4S/c1-3-18-12(14(16)17-2)8-9-4-5-11(15)13-10(9)6-7-19-13/h4-7,12,15H,3,8H2,1-2H3. The summed E-state index contributed by atoms with van der Waals surface area (Å²) in [6.07, 6.45) is -0.170. The fraction of sp³-hybridized carbons (Fsp3) is 0.357. The van der Waals surface area contributed by atoms with Gasteiger partial charge in [-0.1, -0.05) is 6.07 Å². The van der Waals surface area contributed by atoms with Crippen LogP contribution in [0.25, 0.3) is 10.1 Å². The maximum absolute atomic E-state index is 11.7. The van der Waals surface area contributed by atoms with Crippen LogP contribution in [0.15, 0.2) is 23.6 Å². The van der Waals surface area contributed by atoms with E-state index in [0.29, 0.717) is 13.0 Å². The van der Waals surface area contributed by atoms with E-state index in [2.05, 4.69) is 0 Å². The molecule has 0 aliphatic heterocycles. The lowest BCUT2D eigenvalue weighted by Gasteiger charge is -2.15. The van der Waals surface area contributed by atoms with Gasteiger partial charge in [0.2, 0.25) is 0 Å². The fourth-order valence-electron chi connectivity index (χ4n) is 2.03. The van der Waals surface area contributed by atoms with Gasteiger partial charge in [-0.05, 0) is 35.4 Å². The number of esters is 1. The lowest BCUT2D eigenvalue weighted by molar-refractivity contribution is -0.153. The van der Waals surface area contributed by atoms with Crippen molar-refractivity contribution in [1.82, 2.24) is 0 Å². The Morgan fingerprint density at radius 1 is 1.42 bits per heavy atom. The number of thiophene rings is 1. The zero-order valence-electron chi connectivity index (χ0n) is 10.9. The molecule has 0 radical (unpaired) electrons. The second kappa shape index (κ2) is 6.04. The number of hydrogen-bond acceptors (Lipinski definition) is 5. The molecule has 1 aromatic heterocycles. The van der Waals surface area contributed by atoms with Gasteiger partial charge in [-0.2, -0.15) is 0 Å². The molecule has 0 saturated heterocycles. The number of methoxy groups -OCH3 is 1. The predicted molar refractivity (Wildman–Crippen MR) is 74.6 cm³/mol. The highest BCUT2D eigenvalue weighted by molar-refractivity contribution is 7.17. The number of fused-ring (bicyclic) bond motifs is 1. The van der Waals surface area contributed by atoms with Gasteiger partial charge in [0, 0.05) is 13.0 Å². The lowest BCUT2D eigenvalue weighted by Crippen LogP contribution is -2.28. The summed E-state index contributed by atoms with van der Waals surface area (Å²) in [6.45, 7) is 2.29. The van der Waals surface area contributed by atoms with Crippen molar-refractivity contribution in [3.05, 3.63) is 29.1 Å². The van der Waals surface area contributed by atoms with Gasteiger partial charge in [0.1, 0.15) is 5.75 Å². The molecular weight excluding hydrogens is 264 g/mol. The van der Waals surface area contributed by atoms with Gasteiger partial charge in [-0.3, -0.25) is 0 Å². The average molecular weight is 280 g/mol. The topological polar surface area (TPSA) is 55.8 Å². The maximum Gasteiger partial charge on any atom is 0.335 e. The van der Waals surface area contributed by atoms with Gasteiger partial charge in [-0.15, -0.1) is 11.3 Å². The molecule has 0 amide bonds. The van der Waals surface area contributed by atoms with Crippen LogP contribution in [0.4, 0.5) is 0 Å². The summed E-state index contributed by atoms with van der Waals surface area (Å²) in [6, 6.07) is 5.41. The van der Waals surface area contributed by atoms with E-state index in [1.165, 1.54) is 18.4 Å². The van der Waals surface area contributed by atoms with Crippen molar-refractivity contribution in [2.45, 2.75) is 19.4 Å². The summed E-state index contributed by atoms with van der Waals surface area (Å²) in [4.78, 5) is 11.7. The highest BCUT2D eigenvalue weighted by atomic mass is 32.1. The Morgan fingerprint density at radius 2 is 2.21 bits per heavy atom. The summed E-state index contributed by atoms with van der Waals surface area (Å²) in [5.74, 6) is -0.113. The molecule has 4 nitrogen and oxygen atoms in total. The Labute approximate surface area is 115 Å². The van der Waals surface area contributed by atoms with Crippen LogP contribution in [0.3, 0.4) is 0 Å². The van der Waals surface area contributed by atoms with E-state index in [9.17, 15) is 9.90 Å². The predicted octanol–water partition coefficient (Wildman–Crippen LogP) is 2.73. The quantitative estimate of drug-likeness (QED) is 0.856. The van der Waals surface area contributed by atoms with Crippen LogP contribution in [-0.2, 0) is 20.7 Å². The molecule has 1 N–H and O–H groups in total. The molecule has 2 rings (SSSR count). The minimum absolute atomic E-state index is 0.264. The molecule has 0 aliphatic carbocycles. The summed E-state index contributed by atoms with van der Waals surface area (Å²) in [7, 11) is 1.35. The van der Waals surface area contributed by atoms with Crippen molar-refractivity contribution < 1.29 is 19.4 Å². The van der Waals surface area contributed by atoms with Crippen molar-refractivity contribution in [2.24, 2.45) is 0 Å². The van der Waals surface area contributed by atoms with Gasteiger partial charge < -0.3 is 14.6 Å². The molecule has 1 heterocycles. The third-order valence-corrected chi connectivity index (χ3v) is 3.86. The van der Waals surface area contributed by atoms with Gasteiger partial charge in [0.25, 0.3) is 0 Å². The maximum atomic E-state index is 11.7. The first-order valence-electron chi connectivity index (χ1n) is 6.04. The summed E-state index contributed by atoms with van der Waals surface area (Å²) in [5.41, 5.74) is 0.970. The normalized spacial score (nSPS) is 12.5. The molecule has 0 bridgehead atoms. The number of benzene rings is 1. The van der Waals surface area contributed by atoms with Crippen LogP contribution in [-0.4, -0.2) is 30.9 Å². The first-order valence-corrected chi connectivity index (χ1v) is 6.92. The largest absolute Gasteiger partial charge is 0.506 e. The molecule has 1 unspecified atom stereocenters. The first kappa shape index (κ1) is 13.8. The third kappa shape index (κ3) is 2.88. The van der Waals surface area contributed by atoms with E-state index in [-0.39, 0.29) is 11.7 Å². The fourth-order valence-corrected chi connectivity index (χ4v) is 2.88. The molecular formula is C14H16O4S. The summed E-state index contributed by atoms with van der Waals surface area (Å²) in [5, 5.41) is 12.6. The average Bonchev–Trinajstić information content (AvgIpc) is 2.90. The Kier molecular flexibility index (Phi) is 4.39. The van der Waals surface area contributed by atoms with Crippen molar-refractivity contribution in [2.75, 3.05) is 13.7 Å². The van der Waals surface area contributed by atoms with E-state index in [4.69, 9.17) is 9.47 Å². The molecule has 0 fully saturated rings. The number of hydrogen-bond donors (Lipinski definition) is 1. The highest BCUT2D eigenvalue weighted by Gasteiger charge is 2.21. The number of rotatable bonds is 5. The van der Waals surface area contributed by atoms with E-state index in [1.807, 2.05) is 24.4 Å². The van der Waals surface area contributed by atoms with Crippen LogP contribution < -0.4 is 0 Å². The number of phenols is 1. The van der Waals surface area contributed by atoms with Gasteiger partial charge >= 0.3 is 5.97 Å². The number of aromatic hydroxyl groups is 1. The second-order valence-electron chi connectivity index (χ2n) is 4.08. The van der Waals surface area contributed by atoms with E-state index in [0.717, 1.165) is 15.6 Å². The zero-order valence-corrected chi connectivity index (χ0v) is 11.7. The Balaban J connectivity index is 2.31. The van der Waals surface area contributed by atoms with Gasteiger partial charge in [0.15, 0.2) is 6.10 Å². The highest BCUT2D eigenvalue weighted by Crippen LogP contribution is 2.33. The van der Waals surface area contributed by atoms with Crippen molar-refractivity contribution in [1.29, 1.82) is 0 Å². The number of carbonyl (C=O) groups is 1. The summed E-state index contributed by atoms with van der Waals surface area (Å²) < 4.78 is 11.0. The van der Waals surface area contributed by atoms with E-state index >= 15 is 0 Å². The number of ether oxygens (including phenoxy) is 2. The smallest absolute Gasteiger partial charge is 0.335 e. The van der Waals surface area contributed by atoms with Crippen LogP contribution in [0.1, 0.15) is 12.5 Å². The SMILES string of the molecule is CCOC(Cc1ccc(O)c2sccc12)C(=O)OC. The zero-order chi connectivity index (χ0) is 13.8. The molecule has 1 atom stereocenters. The second-order valence-corrected chi connectivity index (χ2v) is 4.99. The Bertz CT molecular complexity index is 576. The number of phenolic OH excluding ortho intramolecular Hbond substituents is 1. The van der Waals surface area contributed by atoms with E-state index < -0.39 is 6.10 Å². The first-order chi connectivity index (χ1) is 9.17. The molecule has 0 aliphatic rings. The van der Waals surface area contributed by atoms with E-state index in [1.54, 1.807) is 6.07 Å². The van der Waals surface area contributed by atoms with Crippen LogP contribution in [0.2, 0.25) is 0 Å². The van der Waals surface area contributed by atoms with Crippen molar-refractivity contribution in [3.63, 3.8) is 0 Å². The molecule has 102 valence electrons. The van der Waals surface area contributed by atoms with Gasteiger partial charge in [0.05, 0.1) is 11.8 Å². The number of carbonyl (C=O) groups excluding carboxylic acids is 1. The molecule has 1 aromatic carbocycles. The monoisotopic (exact) mass is 280 g/mol. The minimum Gasteiger partial charge on any atom is -0.506 e. The Hall–Kier alpha value is -1.59. The molecule has 5 heteroatoms. The Morgan fingerprint density at radius 3 is 2.89 bits per heavy atom. The lowest BCUT2D eigenvalue weighted by atomic mass is 10.0. The minimum atomic E-state index is -0.609.